The van der Waals surface area contributed by atoms with Gasteiger partial charge in [0.2, 0.25) is 0 Å². The summed E-state index contributed by atoms with van der Waals surface area (Å²) < 4.78 is 0. The standard InChI is InChI=1S/C20H42/c1-7-18(4)12-9-14-20(6)16-10-15-19(5)13-8-11-17(2)3/h17-20H,7-16H2,1-6H3/t18-,19+,20+/m1/s1. The molecule has 3 atom stereocenters. The minimum Gasteiger partial charge on any atom is -0.0651 e. The second-order valence-electron chi connectivity index (χ2n) is 7.91. The summed E-state index contributed by atoms with van der Waals surface area (Å²) in [7, 11) is 0. The molecule has 0 aromatic carbocycles. The lowest BCUT2D eigenvalue weighted by Gasteiger charge is -2.15. The molecule has 0 aliphatic rings. The second kappa shape index (κ2) is 12.7. The van der Waals surface area contributed by atoms with E-state index >= 15 is 0 Å². The Bertz CT molecular complexity index is 194. The van der Waals surface area contributed by atoms with Crippen molar-refractivity contribution < 1.29 is 0 Å². The lowest BCUT2D eigenvalue weighted by atomic mass is 9.91. The summed E-state index contributed by atoms with van der Waals surface area (Å²) in [5.74, 6) is 3.71. The van der Waals surface area contributed by atoms with Crippen LogP contribution in [-0.4, -0.2) is 0 Å². The van der Waals surface area contributed by atoms with Gasteiger partial charge in [0.1, 0.15) is 0 Å². The van der Waals surface area contributed by atoms with E-state index in [1.165, 1.54) is 64.2 Å². The molecule has 20 heavy (non-hydrogen) atoms. The maximum atomic E-state index is 2.46. The fourth-order valence-corrected chi connectivity index (χ4v) is 3.00. The van der Waals surface area contributed by atoms with Crippen molar-refractivity contribution in [1.29, 1.82) is 0 Å². The highest BCUT2D eigenvalue weighted by molar-refractivity contribution is 4.60. The highest BCUT2D eigenvalue weighted by Crippen LogP contribution is 2.22. The summed E-state index contributed by atoms with van der Waals surface area (Å²) in [6.07, 6.45) is 14.3. The predicted octanol–water partition coefficient (Wildman–Crippen LogP) is 7.47. The van der Waals surface area contributed by atoms with Crippen molar-refractivity contribution in [2.75, 3.05) is 0 Å². The van der Waals surface area contributed by atoms with Gasteiger partial charge >= 0.3 is 0 Å². The van der Waals surface area contributed by atoms with Crippen LogP contribution in [0.1, 0.15) is 106 Å². The zero-order valence-electron chi connectivity index (χ0n) is 15.4. The van der Waals surface area contributed by atoms with E-state index in [0.717, 1.165) is 23.7 Å². The van der Waals surface area contributed by atoms with Crippen LogP contribution >= 0.6 is 0 Å². The fourth-order valence-electron chi connectivity index (χ4n) is 3.00. The largest absolute Gasteiger partial charge is 0.0651 e. The first kappa shape index (κ1) is 20.0. The van der Waals surface area contributed by atoms with E-state index in [1.54, 1.807) is 0 Å². The summed E-state index contributed by atoms with van der Waals surface area (Å²) in [5, 5.41) is 0. The van der Waals surface area contributed by atoms with Crippen LogP contribution in [0.3, 0.4) is 0 Å². The van der Waals surface area contributed by atoms with Crippen LogP contribution < -0.4 is 0 Å². The molecule has 0 fully saturated rings. The van der Waals surface area contributed by atoms with Crippen LogP contribution in [0.4, 0.5) is 0 Å². The summed E-state index contributed by atoms with van der Waals surface area (Å²) in [6.45, 7) is 14.3. The molecule has 0 bridgehead atoms. The molecule has 0 heteroatoms. The van der Waals surface area contributed by atoms with Gasteiger partial charge in [-0.05, 0) is 23.7 Å². The summed E-state index contributed by atoms with van der Waals surface area (Å²) in [4.78, 5) is 0. The Balaban J connectivity index is 3.43. The maximum absolute atomic E-state index is 2.46. The van der Waals surface area contributed by atoms with Crippen molar-refractivity contribution in [2.24, 2.45) is 23.7 Å². The Morgan fingerprint density at radius 2 is 0.850 bits per heavy atom. The van der Waals surface area contributed by atoms with Gasteiger partial charge in [-0.1, -0.05) is 106 Å². The highest BCUT2D eigenvalue weighted by atomic mass is 14.1. The van der Waals surface area contributed by atoms with Crippen LogP contribution in [0, 0.1) is 23.7 Å². The number of rotatable bonds is 13. The minimum absolute atomic E-state index is 0.882. The molecule has 0 rings (SSSR count). The Morgan fingerprint density at radius 3 is 1.20 bits per heavy atom. The summed E-state index contributed by atoms with van der Waals surface area (Å²) in [5.41, 5.74) is 0. The van der Waals surface area contributed by atoms with Crippen molar-refractivity contribution in [3.8, 4) is 0 Å². The van der Waals surface area contributed by atoms with Gasteiger partial charge in [0.25, 0.3) is 0 Å². The van der Waals surface area contributed by atoms with Gasteiger partial charge < -0.3 is 0 Å². The van der Waals surface area contributed by atoms with E-state index in [2.05, 4.69) is 41.5 Å². The molecule has 0 N–H and O–H groups in total. The third kappa shape index (κ3) is 13.0. The normalized spacial score (nSPS) is 16.4. The smallest absolute Gasteiger partial charge is 0.0443 e. The molecular weight excluding hydrogens is 240 g/mol. The lowest BCUT2D eigenvalue weighted by molar-refractivity contribution is 0.376. The molecule has 0 radical (unpaired) electrons. The molecule has 0 aromatic heterocycles. The molecule has 0 heterocycles. The van der Waals surface area contributed by atoms with Crippen molar-refractivity contribution in [1.82, 2.24) is 0 Å². The molecule has 0 nitrogen and oxygen atoms in total. The Morgan fingerprint density at radius 1 is 0.500 bits per heavy atom. The van der Waals surface area contributed by atoms with Gasteiger partial charge in [-0.15, -0.1) is 0 Å². The van der Waals surface area contributed by atoms with Gasteiger partial charge in [0.15, 0.2) is 0 Å². The molecule has 0 aromatic rings. The first-order chi connectivity index (χ1) is 9.45. The fraction of sp³-hybridized carbons (Fsp3) is 1.00. The monoisotopic (exact) mass is 282 g/mol. The SMILES string of the molecule is CC[C@@H](C)CCC[C@H](C)CCC[C@@H](C)CCCC(C)C. The predicted molar refractivity (Wildman–Crippen MR) is 94.2 cm³/mol. The second-order valence-corrected chi connectivity index (χ2v) is 7.91. The number of hydrogen-bond donors (Lipinski definition) is 0. The van der Waals surface area contributed by atoms with E-state index in [1.807, 2.05) is 0 Å². The molecule has 0 saturated carbocycles. The highest BCUT2D eigenvalue weighted by Gasteiger charge is 2.07. The molecule has 0 saturated heterocycles. The average Bonchev–Trinajstić information content (AvgIpc) is 2.38. The van der Waals surface area contributed by atoms with Crippen molar-refractivity contribution in [3.05, 3.63) is 0 Å². The van der Waals surface area contributed by atoms with Crippen LogP contribution in [0.5, 0.6) is 0 Å². The molecule has 0 unspecified atom stereocenters. The summed E-state index contributed by atoms with van der Waals surface area (Å²) in [6, 6.07) is 0. The van der Waals surface area contributed by atoms with Gasteiger partial charge in [0.05, 0.1) is 0 Å². The molecule has 0 spiro atoms. The molecule has 0 amide bonds. The van der Waals surface area contributed by atoms with E-state index in [-0.39, 0.29) is 0 Å². The zero-order valence-corrected chi connectivity index (χ0v) is 15.4. The van der Waals surface area contributed by atoms with E-state index in [9.17, 15) is 0 Å². The lowest BCUT2D eigenvalue weighted by Crippen LogP contribution is -2.01. The molecule has 122 valence electrons. The van der Waals surface area contributed by atoms with Gasteiger partial charge in [-0.2, -0.15) is 0 Å². The van der Waals surface area contributed by atoms with Gasteiger partial charge in [0, 0.05) is 0 Å². The van der Waals surface area contributed by atoms with Crippen LogP contribution in [0.2, 0.25) is 0 Å². The Labute approximate surface area is 130 Å². The maximum Gasteiger partial charge on any atom is -0.0443 e. The van der Waals surface area contributed by atoms with Crippen LogP contribution in [0.25, 0.3) is 0 Å². The van der Waals surface area contributed by atoms with Crippen molar-refractivity contribution in [2.45, 2.75) is 106 Å². The van der Waals surface area contributed by atoms with Crippen molar-refractivity contribution >= 4 is 0 Å². The van der Waals surface area contributed by atoms with E-state index < -0.39 is 0 Å². The van der Waals surface area contributed by atoms with E-state index in [4.69, 9.17) is 0 Å². The van der Waals surface area contributed by atoms with Gasteiger partial charge in [-0.3, -0.25) is 0 Å². The molecule has 0 aliphatic carbocycles. The Kier molecular flexibility index (Phi) is 12.7. The van der Waals surface area contributed by atoms with Gasteiger partial charge in [-0.25, -0.2) is 0 Å². The van der Waals surface area contributed by atoms with Crippen LogP contribution in [0.15, 0.2) is 0 Å². The molecular formula is C20H42. The first-order valence-corrected chi connectivity index (χ1v) is 9.45. The van der Waals surface area contributed by atoms with Crippen molar-refractivity contribution in [3.63, 3.8) is 0 Å². The van der Waals surface area contributed by atoms with E-state index in [0.29, 0.717) is 0 Å². The molecule has 0 aliphatic heterocycles. The average molecular weight is 283 g/mol. The third-order valence-electron chi connectivity index (χ3n) is 4.96. The first-order valence-electron chi connectivity index (χ1n) is 9.45. The number of hydrogen-bond acceptors (Lipinski definition) is 0. The third-order valence-corrected chi connectivity index (χ3v) is 4.96. The topological polar surface area (TPSA) is 0 Å². The zero-order chi connectivity index (χ0) is 15.4. The minimum atomic E-state index is 0.882. The summed E-state index contributed by atoms with van der Waals surface area (Å²) >= 11 is 0. The Hall–Kier alpha value is 0. The van der Waals surface area contributed by atoms with Crippen LogP contribution in [-0.2, 0) is 0 Å². The quantitative estimate of drug-likeness (QED) is 0.328.